The minimum absolute atomic E-state index is 0.109. The van der Waals surface area contributed by atoms with Crippen molar-refractivity contribution in [3.8, 4) is 5.75 Å². The Labute approximate surface area is 112 Å². The molecule has 0 unspecified atom stereocenters. The number of benzene rings is 1. The summed E-state index contributed by atoms with van der Waals surface area (Å²) in [7, 11) is 2.78. The summed E-state index contributed by atoms with van der Waals surface area (Å²) in [4.78, 5) is 24.9. The molecule has 6 nitrogen and oxygen atoms in total. The number of rotatable bonds is 5. The van der Waals surface area contributed by atoms with Crippen LogP contribution < -0.4 is 10.5 Å². The number of nitrogens with two attached hydrogens (primary N) is 1. The van der Waals surface area contributed by atoms with Gasteiger partial charge in [0.2, 0.25) is 0 Å². The lowest BCUT2D eigenvalue weighted by atomic mass is 10.1. The molecule has 2 N–H and O–H groups in total. The van der Waals surface area contributed by atoms with Gasteiger partial charge in [-0.1, -0.05) is 0 Å². The molecule has 0 radical (unpaired) electrons. The van der Waals surface area contributed by atoms with E-state index in [2.05, 4.69) is 4.74 Å². The maximum atomic E-state index is 12.3. The maximum absolute atomic E-state index is 12.3. The number of nitrogens with zero attached hydrogens (tertiary/aromatic N) is 1. The first-order valence-corrected chi connectivity index (χ1v) is 5.83. The van der Waals surface area contributed by atoms with Crippen molar-refractivity contribution in [2.24, 2.45) is 0 Å². The van der Waals surface area contributed by atoms with E-state index in [1.165, 1.54) is 19.1 Å². The summed E-state index contributed by atoms with van der Waals surface area (Å²) in [5.74, 6) is -0.271. The fourth-order valence-corrected chi connectivity index (χ4v) is 1.57. The standard InChI is InChI=1S/C13H18N2O4/c1-4-15(8-12(16)19-3)13(17)10-7-9(18-2)5-6-11(10)14/h5-7H,4,8,14H2,1-3H3. The summed E-state index contributed by atoms with van der Waals surface area (Å²) in [5, 5.41) is 0. The molecule has 0 aliphatic rings. The highest BCUT2D eigenvalue weighted by Crippen LogP contribution is 2.21. The SMILES string of the molecule is CCN(CC(=O)OC)C(=O)c1cc(OC)ccc1N. The molecular weight excluding hydrogens is 248 g/mol. The van der Waals surface area contributed by atoms with Crippen LogP contribution >= 0.6 is 0 Å². The van der Waals surface area contributed by atoms with Gasteiger partial charge in [-0.2, -0.15) is 0 Å². The molecule has 19 heavy (non-hydrogen) atoms. The lowest BCUT2D eigenvalue weighted by Crippen LogP contribution is -2.36. The molecule has 0 saturated heterocycles. The average molecular weight is 266 g/mol. The Kier molecular flexibility index (Phi) is 5.17. The van der Waals surface area contributed by atoms with Gasteiger partial charge in [0.05, 0.1) is 19.8 Å². The van der Waals surface area contributed by atoms with Crippen molar-refractivity contribution in [2.75, 3.05) is 33.0 Å². The second-order valence-corrected chi connectivity index (χ2v) is 3.85. The van der Waals surface area contributed by atoms with Crippen molar-refractivity contribution >= 4 is 17.6 Å². The molecule has 1 amide bonds. The third-order valence-electron chi connectivity index (χ3n) is 2.71. The van der Waals surface area contributed by atoms with Crippen molar-refractivity contribution in [3.05, 3.63) is 23.8 Å². The highest BCUT2D eigenvalue weighted by atomic mass is 16.5. The van der Waals surface area contributed by atoms with E-state index in [1.54, 1.807) is 25.1 Å². The predicted molar refractivity (Wildman–Crippen MR) is 71.0 cm³/mol. The van der Waals surface area contributed by atoms with E-state index in [9.17, 15) is 9.59 Å². The number of esters is 1. The first kappa shape index (κ1) is 14.8. The van der Waals surface area contributed by atoms with E-state index < -0.39 is 5.97 Å². The Balaban J connectivity index is 2.99. The second-order valence-electron chi connectivity index (χ2n) is 3.85. The lowest BCUT2D eigenvalue weighted by Gasteiger charge is -2.20. The van der Waals surface area contributed by atoms with Gasteiger partial charge in [-0.15, -0.1) is 0 Å². The van der Waals surface area contributed by atoms with Crippen LogP contribution in [0.15, 0.2) is 18.2 Å². The van der Waals surface area contributed by atoms with Gasteiger partial charge < -0.3 is 20.1 Å². The minimum atomic E-state index is -0.475. The van der Waals surface area contributed by atoms with Crippen molar-refractivity contribution in [1.82, 2.24) is 4.90 Å². The molecular formula is C13H18N2O4. The van der Waals surface area contributed by atoms with Crippen LogP contribution in [-0.2, 0) is 9.53 Å². The Morgan fingerprint density at radius 3 is 2.53 bits per heavy atom. The zero-order valence-electron chi connectivity index (χ0n) is 11.3. The highest BCUT2D eigenvalue weighted by molar-refractivity contribution is 6.00. The maximum Gasteiger partial charge on any atom is 0.325 e. The number of carbonyl (C=O) groups is 2. The number of likely N-dealkylation sites (N-methyl/N-ethyl adjacent to an activating group) is 1. The number of carbonyl (C=O) groups excluding carboxylic acids is 2. The molecule has 1 rings (SSSR count). The van der Waals surface area contributed by atoms with Crippen molar-refractivity contribution in [2.45, 2.75) is 6.92 Å². The Morgan fingerprint density at radius 1 is 1.32 bits per heavy atom. The molecule has 0 aliphatic carbocycles. The fraction of sp³-hybridized carbons (Fsp3) is 0.385. The summed E-state index contributed by atoms with van der Waals surface area (Å²) < 4.78 is 9.61. The van der Waals surface area contributed by atoms with E-state index in [0.29, 0.717) is 23.5 Å². The number of ether oxygens (including phenoxy) is 2. The van der Waals surface area contributed by atoms with E-state index in [1.807, 2.05) is 0 Å². The molecule has 0 spiro atoms. The zero-order valence-corrected chi connectivity index (χ0v) is 11.3. The molecule has 0 fully saturated rings. The van der Waals surface area contributed by atoms with Gasteiger partial charge in [0.15, 0.2) is 0 Å². The third-order valence-corrected chi connectivity index (χ3v) is 2.71. The van der Waals surface area contributed by atoms with E-state index in [0.717, 1.165) is 0 Å². The van der Waals surface area contributed by atoms with Crippen LogP contribution in [0.2, 0.25) is 0 Å². The summed E-state index contributed by atoms with van der Waals surface area (Å²) in [6.07, 6.45) is 0. The van der Waals surface area contributed by atoms with Crippen LogP contribution in [0.5, 0.6) is 5.75 Å². The van der Waals surface area contributed by atoms with Crippen LogP contribution in [0, 0.1) is 0 Å². The molecule has 6 heteroatoms. The molecule has 0 heterocycles. The molecule has 0 aromatic heterocycles. The molecule has 0 atom stereocenters. The van der Waals surface area contributed by atoms with Crippen molar-refractivity contribution in [3.63, 3.8) is 0 Å². The predicted octanol–water partition coefficient (Wildman–Crippen LogP) is 0.912. The molecule has 0 aliphatic heterocycles. The monoisotopic (exact) mass is 266 g/mol. The Morgan fingerprint density at radius 2 is 2.00 bits per heavy atom. The topological polar surface area (TPSA) is 81.9 Å². The summed E-state index contributed by atoms with van der Waals surface area (Å²) in [6.45, 7) is 2.05. The van der Waals surface area contributed by atoms with Gasteiger partial charge in [0.25, 0.3) is 5.91 Å². The summed E-state index contributed by atoms with van der Waals surface area (Å²) in [6, 6.07) is 4.82. The van der Waals surface area contributed by atoms with Crippen LogP contribution in [0.25, 0.3) is 0 Å². The van der Waals surface area contributed by atoms with Crippen LogP contribution in [0.3, 0.4) is 0 Å². The number of amides is 1. The normalized spacial score (nSPS) is 9.84. The van der Waals surface area contributed by atoms with Gasteiger partial charge in [0, 0.05) is 12.2 Å². The third kappa shape index (κ3) is 3.61. The number of anilines is 1. The zero-order chi connectivity index (χ0) is 14.4. The minimum Gasteiger partial charge on any atom is -0.497 e. The smallest absolute Gasteiger partial charge is 0.325 e. The Hall–Kier alpha value is -2.24. The fourth-order valence-electron chi connectivity index (χ4n) is 1.57. The van der Waals surface area contributed by atoms with E-state index in [-0.39, 0.29) is 12.5 Å². The molecule has 0 bridgehead atoms. The lowest BCUT2D eigenvalue weighted by molar-refractivity contribution is -0.141. The van der Waals surface area contributed by atoms with Gasteiger partial charge in [-0.05, 0) is 25.1 Å². The average Bonchev–Trinajstić information content (AvgIpc) is 2.44. The second kappa shape index (κ2) is 6.63. The first-order valence-electron chi connectivity index (χ1n) is 5.83. The number of nitrogen functional groups attached to an aromatic ring is 1. The van der Waals surface area contributed by atoms with Gasteiger partial charge in [-0.3, -0.25) is 9.59 Å². The van der Waals surface area contributed by atoms with Gasteiger partial charge in [-0.25, -0.2) is 0 Å². The Bertz CT molecular complexity index is 474. The van der Waals surface area contributed by atoms with Crippen molar-refractivity contribution < 1.29 is 19.1 Å². The van der Waals surface area contributed by atoms with Crippen LogP contribution in [-0.4, -0.2) is 44.1 Å². The molecule has 104 valence electrons. The summed E-state index contributed by atoms with van der Waals surface area (Å²) >= 11 is 0. The molecule has 1 aromatic rings. The van der Waals surface area contributed by atoms with Gasteiger partial charge in [0.1, 0.15) is 12.3 Å². The first-order chi connectivity index (χ1) is 9.03. The van der Waals surface area contributed by atoms with E-state index >= 15 is 0 Å². The summed E-state index contributed by atoms with van der Waals surface area (Å²) in [5.41, 5.74) is 6.43. The van der Waals surface area contributed by atoms with Gasteiger partial charge >= 0.3 is 5.97 Å². The number of hydrogen-bond donors (Lipinski definition) is 1. The number of methoxy groups -OCH3 is 2. The molecule has 1 aromatic carbocycles. The molecule has 0 saturated carbocycles. The van der Waals surface area contributed by atoms with E-state index in [4.69, 9.17) is 10.5 Å². The largest absolute Gasteiger partial charge is 0.497 e. The highest BCUT2D eigenvalue weighted by Gasteiger charge is 2.20. The number of hydrogen-bond acceptors (Lipinski definition) is 5. The quantitative estimate of drug-likeness (QED) is 0.633. The van der Waals surface area contributed by atoms with Crippen LogP contribution in [0.4, 0.5) is 5.69 Å². The van der Waals surface area contributed by atoms with Crippen molar-refractivity contribution in [1.29, 1.82) is 0 Å². The van der Waals surface area contributed by atoms with Crippen LogP contribution in [0.1, 0.15) is 17.3 Å².